The van der Waals surface area contributed by atoms with Crippen LogP contribution in [0.25, 0.3) is 86.2 Å². The third-order valence-corrected chi connectivity index (χ3v) is 15.8. The summed E-state index contributed by atoms with van der Waals surface area (Å²) in [6.45, 7) is 12.8. The van der Waals surface area contributed by atoms with Crippen LogP contribution < -0.4 is 0 Å². The molecule has 16 bridgehead atoms. The zero-order valence-electron chi connectivity index (χ0n) is 40.1. The van der Waals surface area contributed by atoms with Gasteiger partial charge < -0.3 is 30.6 Å². The van der Waals surface area contributed by atoms with Gasteiger partial charge in [-0.1, -0.05) is 163 Å². The van der Waals surface area contributed by atoms with E-state index in [-0.39, 0.29) is 71.0 Å². The maximum absolute atomic E-state index is 12.7. The van der Waals surface area contributed by atoms with E-state index in [1.54, 1.807) is 0 Å². The third kappa shape index (κ3) is 5.79. The van der Waals surface area contributed by atoms with Crippen LogP contribution >= 0.6 is 0 Å². The number of fused-ring (bicyclic) bond motifs is 8. The molecule has 14 aromatic rings. The van der Waals surface area contributed by atoms with Crippen molar-refractivity contribution in [1.29, 1.82) is 0 Å². The quantitative estimate of drug-likeness (QED) is 0.0843. The summed E-state index contributed by atoms with van der Waals surface area (Å²) < 4.78 is 0. The van der Waals surface area contributed by atoms with Crippen LogP contribution in [0.1, 0.15) is 97.2 Å². The van der Waals surface area contributed by atoms with Gasteiger partial charge in [-0.3, -0.25) is 0 Å². The molecule has 6 nitrogen and oxygen atoms in total. The van der Waals surface area contributed by atoms with Crippen molar-refractivity contribution < 1.29 is 30.6 Å². The predicted octanol–water partition coefficient (Wildman–Crippen LogP) is 15.3. The van der Waals surface area contributed by atoms with Gasteiger partial charge in [0.1, 0.15) is 34.5 Å². The van der Waals surface area contributed by atoms with Crippen LogP contribution in [0.4, 0.5) is 0 Å². The van der Waals surface area contributed by atoms with Crippen molar-refractivity contribution in [2.24, 2.45) is 0 Å². The monoisotopic (exact) mass is 916 g/mol. The summed E-state index contributed by atoms with van der Waals surface area (Å²) in [7, 11) is 0. The minimum absolute atomic E-state index is 0.0923. The summed E-state index contributed by atoms with van der Waals surface area (Å²) in [4.78, 5) is 0. The Balaban J connectivity index is 1.14. The normalized spacial score (nSPS) is 13.7. The molecule has 0 saturated heterocycles. The lowest BCUT2D eigenvalue weighted by molar-refractivity contribution is 0.456. The number of phenolic OH excluding ortho intramolecular Hbond substituents is 6. The first-order valence-corrected chi connectivity index (χ1v) is 24.3. The number of benzene rings is 14. The van der Waals surface area contributed by atoms with Crippen molar-refractivity contribution in [3.05, 3.63) is 177 Å². The summed E-state index contributed by atoms with van der Waals surface area (Å²) >= 11 is 0. The van der Waals surface area contributed by atoms with E-state index in [4.69, 9.17) is 0 Å². The second-order valence-corrected chi connectivity index (χ2v) is 22.1. The Bertz CT molecular complexity index is 3790. The molecule has 6 N–H and O–H groups in total. The largest absolute Gasteiger partial charge is 0.507 e. The van der Waals surface area contributed by atoms with Crippen LogP contribution in [0.2, 0.25) is 0 Å². The fourth-order valence-electron chi connectivity index (χ4n) is 12.2. The summed E-state index contributed by atoms with van der Waals surface area (Å²) in [6, 6.07) is 40.4. The van der Waals surface area contributed by atoms with E-state index in [9.17, 15) is 30.6 Å². The molecule has 70 heavy (non-hydrogen) atoms. The molecular formula is C64H52O6. The molecule has 0 saturated carbocycles. The van der Waals surface area contributed by atoms with E-state index in [0.29, 0.717) is 66.1 Å². The van der Waals surface area contributed by atoms with Gasteiger partial charge in [-0.15, -0.1) is 0 Å². The maximum Gasteiger partial charge on any atom is 0.127 e. The van der Waals surface area contributed by atoms with Crippen molar-refractivity contribution in [1.82, 2.24) is 0 Å². The molecule has 0 atom stereocenters. The topological polar surface area (TPSA) is 121 Å². The van der Waals surface area contributed by atoms with Gasteiger partial charge >= 0.3 is 0 Å². The van der Waals surface area contributed by atoms with E-state index in [2.05, 4.69) is 77.9 Å². The minimum atomic E-state index is -0.302. The highest BCUT2D eigenvalue weighted by molar-refractivity contribution is 6.43. The fraction of sp³-hybridized carbons (Fsp3) is 0.188. The second-order valence-electron chi connectivity index (χ2n) is 22.1. The first kappa shape index (κ1) is 42.2. The first-order chi connectivity index (χ1) is 33.5. The van der Waals surface area contributed by atoms with Crippen LogP contribution in [0.3, 0.4) is 0 Å². The molecule has 0 aliphatic heterocycles. The third-order valence-electron chi connectivity index (χ3n) is 15.8. The summed E-state index contributed by atoms with van der Waals surface area (Å²) in [5.41, 5.74) is 6.52. The van der Waals surface area contributed by atoms with E-state index in [1.807, 2.05) is 84.9 Å². The Morgan fingerprint density at radius 2 is 0.500 bits per heavy atom. The van der Waals surface area contributed by atoms with Crippen molar-refractivity contribution >= 4 is 86.2 Å². The fourth-order valence-corrected chi connectivity index (χ4v) is 12.2. The minimum Gasteiger partial charge on any atom is -0.507 e. The standard InChI is InChI=1S/C64H52O6/c1-63(2,3)39-27-35-23-31-15-19-45-49-41-11-7-9-13-43(41)51(53(45)59(31)67)55-47(49)21-17-33(61(55)69)25-37-29-40(64(4,5)6)30-38(58(37)66)26-34-18-22-48-50-42-12-8-10-14-44(42)52(56(48)62(34)70)54-46(50)20-16-32(60(54)68)24-36(28-39)57(35)65/h7-22,27-30,65-70H,23-26H2,1-6H3. The Labute approximate surface area is 404 Å². The van der Waals surface area contributed by atoms with Gasteiger partial charge in [0.25, 0.3) is 0 Å². The Hall–Kier alpha value is -7.96. The highest BCUT2D eigenvalue weighted by atomic mass is 16.3. The molecule has 0 aromatic heterocycles. The van der Waals surface area contributed by atoms with Gasteiger partial charge in [0, 0.05) is 58.0 Å². The first-order valence-electron chi connectivity index (χ1n) is 24.3. The van der Waals surface area contributed by atoms with Gasteiger partial charge in [0.2, 0.25) is 0 Å². The molecule has 344 valence electrons. The van der Waals surface area contributed by atoms with Gasteiger partial charge in [0.05, 0.1) is 0 Å². The van der Waals surface area contributed by atoms with Gasteiger partial charge in [-0.25, -0.2) is 0 Å². The molecule has 6 heteroatoms. The average Bonchev–Trinajstić information content (AvgIpc) is 3.33. The zero-order valence-corrected chi connectivity index (χ0v) is 40.1. The zero-order chi connectivity index (χ0) is 48.4. The van der Waals surface area contributed by atoms with Crippen molar-refractivity contribution in [3.63, 3.8) is 0 Å². The predicted molar refractivity (Wildman–Crippen MR) is 287 cm³/mol. The van der Waals surface area contributed by atoms with E-state index < -0.39 is 0 Å². The summed E-state index contributed by atoms with van der Waals surface area (Å²) in [6.07, 6.45) is 0.882. The van der Waals surface area contributed by atoms with Crippen LogP contribution in [0.15, 0.2) is 121 Å². The van der Waals surface area contributed by atoms with Crippen molar-refractivity contribution in [2.45, 2.75) is 78.1 Å². The molecule has 0 unspecified atom stereocenters. The Morgan fingerprint density at radius 1 is 0.257 bits per heavy atom. The molecule has 14 aromatic carbocycles. The van der Waals surface area contributed by atoms with Crippen molar-refractivity contribution in [2.75, 3.05) is 0 Å². The van der Waals surface area contributed by atoms with Gasteiger partial charge in [0.15, 0.2) is 0 Å². The number of hydrogen-bond donors (Lipinski definition) is 6. The average molecular weight is 917 g/mol. The van der Waals surface area contributed by atoms with Gasteiger partial charge in [-0.2, -0.15) is 0 Å². The molecule has 1 aliphatic rings. The molecule has 0 spiro atoms. The summed E-state index contributed by atoms with van der Waals surface area (Å²) in [5, 5.41) is 88.6. The highest BCUT2D eigenvalue weighted by Crippen LogP contribution is 2.54. The van der Waals surface area contributed by atoms with Gasteiger partial charge in [-0.05, 0) is 120 Å². The Morgan fingerprint density at radius 3 is 0.743 bits per heavy atom. The smallest absolute Gasteiger partial charge is 0.127 e. The number of aromatic hydroxyl groups is 6. The lowest BCUT2D eigenvalue weighted by atomic mass is 9.80. The van der Waals surface area contributed by atoms with E-state index in [0.717, 1.165) is 75.8 Å². The van der Waals surface area contributed by atoms with Crippen LogP contribution in [-0.2, 0) is 36.5 Å². The molecule has 0 fully saturated rings. The molecule has 0 radical (unpaired) electrons. The highest BCUT2D eigenvalue weighted by Gasteiger charge is 2.29. The second kappa shape index (κ2) is 14.3. The SMILES string of the molecule is CC(C)(C)c1cc2c(O)c(c1)Cc1ccc3c(c1O)c1c4ccccc4c3c3ccc(c(O)c31)Cc1cc(C(C)(C)C)cc(c1O)Cc1ccc3c(c1O)c1c4ccccc4c3c3ccc(c(O)c31)C2. The maximum atomic E-state index is 12.7. The lowest BCUT2D eigenvalue weighted by Gasteiger charge is -2.25. The van der Waals surface area contributed by atoms with E-state index >= 15 is 0 Å². The number of hydrogen-bond acceptors (Lipinski definition) is 6. The molecule has 0 heterocycles. The molecule has 15 rings (SSSR count). The van der Waals surface area contributed by atoms with Crippen LogP contribution in [0, 0.1) is 0 Å². The van der Waals surface area contributed by atoms with Crippen molar-refractivity contribution in [3.8, 4) is 34.5 Å². The summed E-state index contributed by atoms with van der Waals surface area (Å²) in [5.74, 6) is 0.565. The molecule has 1 aliphatic carbocycles. The number of rotatable bonds is 0. The van der Waals surface area contributed by atoms with Crippen LogP contribution in [-0.4, -0.2) is 30.6 Å². The molecule has 0 amide bonds. The molecular weight excluding hydrogens is 865 g/mol. The van der Waals surface area contributed by atoms with Crippen LogP contribution in [0.5, 0.6) is 34.5 Å². The number of phenols is 6. The Kier molecular flexibility index (Phi) is 8.61. The lowest BCUT2D eigenvalue weighted by Crippen LogP contribution is -2.13. The van der Waals surface area contributed by atoms with E-state index in [1.165, 1.54) is 0 Å².